The molecule has 1 saturated heterocycles. The van der Waals surface area contributed by atoms with Crippen molar-refractivity contribution in [2.75, 3.05) is 11.9 Å². The minimum absolute atomic E-state index is 0.378. The van der Waals surface area contributed by atoms with Gasteiger partial charge in [0.05, 0.1) is 24.1 Å². The van der Waals surface area contributed by atoms with Crippen LogP contribution in [0.25, 0.3) is 0 Å². The van der Waals surface area contributed by atoms with E-state index in [1.165, 1.54) is 0 Å². The van der Waals surface area contributed by atoms with Crippen molar-refractivity contribution in [3.05, 3.63) is 95.1 Å². The first-order valence-corrected chi connectivity index (χ1v) is 13.9. The second-order valence-electron chi connectivity index (χ2n) is 10.6. The van der Waals surface area contributed by atoms with Crippen molar-refractivity contribution >= 4 is 46.6 Å². The summed E-state index contributed by atoms with van der Waals surface area (Å²) in [6, 6.07) is 21.0. The Kier molecular flexibility index (Phi) is 6.05. The molecule has 3 atom stereocenters. The number of alkyl halides is 2. The fourth-order valence-corrected chi connectivity index (χ4v) is 7.84. The molecule has 7 rings (SSSR count). The Morgan fingerprint density at radius 3 is 1.72 bits per heavy atom. The summed E-state index contributed by atoms with van der Waals surface area (Å²) in [7, 11) is 0. The van der Waals surface area contributed by atoms with Crippen LogP contribution >= 0.6 is 23.2 Å². The molecule has 3 aromatic carbocycles. The molecule has 4 aliphatic rings. The third-order valence-corrected chi connectivity index (χ3v) is 9.53. The molecule has 0 saturated carbocycles. The average molecular weight is 563 g/mol. The summed E-state index contributed by atoms with van der Waals surface area (Å²) in [6.07, 6.45) is 0. The number of carbonyl (C=O) groups excluding carboxylic acids is 3. The largest absolute Gasteiger partial charge is 0.492 e. The minimum Gasteiger partial charge on any atom is -0.492 e. The van der Waals surface area contributed by atoms with Gasteiger partial charge in [0.1, 0.15) is 21.5 Å². The van der Waals surface area contributed by atoms with E-state index in [1.807, 2.05) is 75.4 Å². The van der Waals surface area contributed by atoms with Crippen LogP contribution in [-0.4, -0.2) is 35.3 Å². The highest BCUT2D eigenvalue weighted by Crippen LogP contribution is 2.69. The summed E-state index contributed by atoms with van der Waals surface area (Å²) < 4.78 is 5.66. The van der Waals surface area contributed by atoms with Gasteiger partial charge in [0.25, 0.3) is 0 Å². The van der Waals surface area contributed by atoms with Crippen LogP contribution in [0.4, 0.5) is 5.69 Å². The molecule has 1 heterocycles. The van der Waals surface area contributed by atoms with E-state index in [0.717, 1.165) is 27.2 Å². The van der Waals surface area contributed by atoms with E-state index in [1.54, 1.807) is 18.2 Å². The smallest absolute Gasteiger partial charge is 0.248 e. The number of nitrogens with one attached hydrogen (secondary N) is 1. The number of carbonyl (C=O) groups is 3. The molecule has 0 radical (unpaired) electrons. The quantitative estimate of drug-likeness (QED) is 0.311. The lowest BCUT2D eigenvalue weighted by Crippen LogP contribution is -2.57. The maximum absolute atomic E-state index is 14.3. The number of benzene rings is 3. The van der Waals surface area contributed by atoms with E-state index in [0.29, 0.717) is 18.0 Å². The highest BCUT2D eigenvalue weighted by atomic mass is 35.5. The lowest BCUT2D eigenvalue weighted by atomic mass is 9.54. The van der Waals surface area contributed by atoms with Gasteiger partial charge in [0, 0.05) is 0 Å². The van der Waals surface area contributed by atoms with Crippen molar-refractivity contribution in [3.8, 4) is 5.75 Å². The maximum Gasteiger partial charge on any atom is 0.248 e. The van der Waals surface area contributed by atoms with Crippen LogP contribution in [0, 0.1) is 17.8 Å². The number of para-hydroxylation sites is 2. The molecular weight excluding hydrogens is 535 g/mol. The van der Waals surface area contributed by atoms with Gasteiger partial charge in [0.15, 0.2) is 0 Å². The average Bonchev–Trinajstić information content (AvgIpc) is 3.19. The van der Waals surface area contributed by atoms with Gasteiger partial charge in [-0.3, -0.25) is 19.3 Å². The van der Waals surface area contributed by atoms with Crippen molar-refractivity contribution in [2.45, 2.75) is 36.6 Å². The summed E-state index contributed by atoms with van der Waals surface area (Å²) in [5.41, 5.74) is 3.36. The molecule has 1 N–H and O–H groups in total. The van der Waals surface area contributed by atoms with E-state index in [2.05, 4.69) is 5.32 Å². The fraction of sp³-hybridized carbons (Fsp3) is 0.323. The van der Waals surface area contributed by atoms with Crippen LogP contribution < -0.4 is 10.1 Å². The topological polar surface area (TPSA) is 75.7 Å². The van der Waals surface area contributed by atoms with Crippen molar-refractivity contribution in [1.82, 2.24) is 4.90 Å². The minimum atomic E-state index is -1.30. The number of rotatable bonds is 6. The molecule has 1 fully saturated rings. The molecule has 3 aromatic rings. The van der Waals surface area contributed by atoms with Gasteiger partial charge in [-0.2, -0.15) is 0 Å². The molecule has 8 heteroatoms. The monoisotopic (exact) mass is 562 g/mol. The first-order chi connectivity index (χ1) is 18.7. The van der Waals surface area contributed by atoms with Crippen LogP contribution in [0.2, 0.25) is 0 Å². The highest BCUT2D eigenvalue weighted by molar-refractivity contribution is 6.36. The van der Waals surface area contributed by atoms with Gasteiger partial charge in [-0.25, -0.2) is 0 Å². The second kappa shape index (κ2) is 9.10. The van der Waals surface area contributed by atoms with Crippen molar-refractivity contribution in [1.29, 1.82) is 0 Å². The number of likely N-dealkylation sites (tertiary alicyclic amines) is 1. The van der Waals surface area contributed by atoms with Crippen molar-refractivity contribution in [3.63, 3.8) is 0 Å². The molecule has 2 bridgehead atoms. The van der Waals surface area contributed by atoms with E-state index in [9.17, 15) is 14.4 Å². The second-order valence-corrected chi connectivity index (χ2v) is 11.8. The molecule has 0 aromatic heterocycles. The van der Waals surface area contributed by atoms with Crippen LogP contribution in [-0.2, 0) is 24.1 Å². The summed E-state index contributed by atoms with van der Waals surface area (Å²) in [5.74, 6) is -3.24. The van der Waals surface area contributed by atoms with Crippen molar-refractivity contribution < 1.29 is 19.1 Å². The summed E-state index contributed by atoms with van der Waals surface area (Å²) in [5, 5.41) is 2.89. The zero-order chi connectivity index (χ0) is 27.7. The summed E-state index contributed by atoms with van der Waals surface area (Å²) >= 11 is 15.0. The van der Waals surface area contributed by atoms with Gasteiger partial charge >= 0.3 is 0 Å². The molecule has 39 heavy (non-hydrogen) atoms. The Balaban J connectivity index is 1.46. The summed E-state index contributed by atoms with van der Waals surface area (Å²) in [6.45, 7) is 5.90. The van der Waals surface area contributed by atoms with Gasteiger partial charge in [-0.15, -0.1) is 23.2 Å². The zero-order valence-corrected chi connectivity index (χ0v) is 23.3. The zero-order valence-electron chi connectivity index (χ0n) is 21.8. The number of hydrogen-bond donors (Lipinski definition) is 1. The Hall–Kier alpha value is -3.35. The molecular formula is C31H28Cl2N2O4. The van der Waals surface area contributed by atoms with Crippen molar-refractivity contribution in [2.24, 2.45) is 17.8 Å². The fourth-order valence-electron chi connectivity index (χ4n) is 6.74. The molecule has 1 aliphatic heterocycles. The van der Waals surface area contributed by atoms with E-state index in [-0.39, 0.29) is 5.92 Å². The lowest BCUT2D eigenvalue weighted by molar-refractivity contribution is -0.148. The summed E-state index contributed by atoms with van der Waals surface area (Å²) in [4.78, 5) is 41.0. The molecule has 200 valence electrons. The number of imide groups is 1. The molecule has 0 spiro atoms. The molecule has 6 nitrogen and oxygen atoms in total. The Bertz CT molecular complexity index is 1400. The third-order valence-electron chi connectivity index (χ3n) is 8.24. The number of anilines is 1. The first-order valence-electron chi connectivity index (χ1n) is 13.1. The standard InChI is InChI=1S/C31H28Cl2N2O4/c1-4-39-23-16-10-9-15-22(23)34-27(36)26(17(2)3)35-28(37)24-25(29(35)38)31(33)19-12-6-5-11-18(19)30(24,32)20-13-7-8-14-21(20)31/h5-17,24-26H,4H2,1-3H3,(H,34,36)/t24-,25-,26+,30?,31?/m1/s1. The Morgan fingerprint density at radius 1 is 0.846 bits per heavy atom. The lowest BCUT2D eigenvalue weighted by Gasteiger charge is -2.54. The number of amides is 3. The number of hydrogen-bond acceptors (Lipinski definition) is 4. The predicted molar refractivity (Wildman–Crippen MR) is 150 cm³/mol. The molecule has 3 aliphatic carbocycles. The SMILES string of the molecule is CCOc1ccccc1NC(=O)[C@H](C(C)C)N1C(=O)[C@H]2[C@H](C1=O)C1(Cl)c3ccccc3C2(Cl)c2ccccc21. The first kappa shape index (κ1) is 25.9. The maximum atomic E-state index is 14.3. The van der Waals surface area contributed by atoms with Crippen LogP contribution in [0.5, 0.6) is 5.75 Å². The Labute approximate surface area is 237 Å². The van der Waals surface area contributed by atoms with Crippen LogP contribution in [0.15, 0.2) is 72.8 Å². The van der Waals surface area contributed by atoms with Crippen LogP contribution in [0.1, 0.15) is 43.0 Å². The third kappa shape index (κ3) is 3.37. The van der Waals surface area contributed by atoms with E-state index in [4.69, 9.17) is 27.9 Å². The van der Waals surface area contributed by atoms with Gasteiger partial charge in [-0.1, -0.05) is 74.5 Å². The predicted octanol–water partition coefficient (Wildman–Crippen LogP) is 5.64. The molecule has 3 amide bonds. The van der Waals surface area contributed by atoms with Gasteiger partial charge < -0.3 is 10.1 Å². The van der Waals surface area contributed by atoms with Gasteiger partial charge in [0.2, 0.25) is 17.7 Å². The number of nitrogens with zero attached hydrogens (tertiary/aromatic N) is 1. The molecule has 0 unspecified atom stereocenters. The number of halogens is 2. The Morgan fingerprint density at radius 2 is 1.28 bits per heavy atom. The van der Waals surface area contributed by atoms with E-state index < -0.39 is 45.3 Å². The highest BCUT2D eigenvalue weighted by Gasteiger charge is 2.73. The number of ether oxygens (including phenoxy) is 1. The normalized spacial score (nSPS) is 27.2. The van der Waals surface area contributed by atoms with Gasteiger partial charge in [-0.05, 0) is 47.2 Å². The van der Waals surface area contributed by atoms with Crippen LogP contribution in [0.3, 0.4) is 0 Å². The van der Waals surface area contributed by atoms with E-state index >= 15 is 0 Å².